The van der Waals surface area contributed by atoms with Crippen LogP contribution in [-0.2, 0) is 0 Å². The Hall–Kier alpha value is -3.02. The van der Waals surface area contributed by atoms with Crippen molar-refractivity contribution in [2.24, 2.45) is 0 Å². The third kappa shape index (κ3) is 3.10. The van der Waals surface area contributed by atoms with E-state index in [4.69, 9.17) is 11.5 Å². The van der Waals surface area contributed by atoms with Crippen molar-refractivity contribution in [1.29, 1.82) is 0 Å². The van der Waals surface area contributed by atoms with Gasteiger partial charge in [0.1, 0.15) is 5.82 Å². The van der Waals surface area contributed by atoms with Crippen LogP contribution in [0.4, 0.5) is 27.3 Å². The molecular formula is C20H22FN5. The van der Waals surface area contributed by atoms with Crippen LogP contribution in [0.3, 0.4) is 0 Å². The zero-order valence-electron chi connectivity index (χ0n) is 14.6. The van der Waals surface area contributed by atoms with Crippen LogP contribution >= 0.6 is 0 Å². The molecule has 0 unspecified atom stereocenters. The van der Waals surface area contributed by atoms with E-state index in [1.165, 1.54) is 25.0 Å². The SMILES string of the molecule is C[C@@H](c1ccc(F)cc1)N(c1cc(C2CC2)[nH]n1)c1cc(N)ccc1N. The number of nitrogens with two attached hydrogens (primary N) is 2. The van der Waals surface area contributed by atoms with Gasteiger partial charge in [-0.1, -0.05) is 12.1 Å². The van der Waals surface area contributed by atoms with Crippen LogP contribution in [0, 0.1) is 5.82 Å². The van der Waals surface area contributed by atoms with Crippen molar-refractivity contribution in [3.05, 3.63) is 65.6 Å². The van der Waals surface area contributed by atoms with Crippen molar-refractivity contribution in [3.63, 3.8) is 0 Å². The van der Waals surface area contributed by atoms with E-state index in [1.807, 2.05) is 17.9 Å². The van der Waals surface area contributed by atoms with E-state index in [0.29, 0.717) is 17.3 Å². The fourth-order valence-electron chi connectivity index (χ4n) is 3.24. The molecule has 1 aromatic heterocycles. The number of H-pyrrole nitrogens is 1. The first-order chi connectivity index (χ1) is 12.5. The Balaban J connectivity index is 1.79. The third-order valence-corrected chi connectivity index (χ3v) is 4.90. The topological polar surface area (TPSA) is 84.0 Å². The summed E-state index contributed by atoms with van der Waals surface area (Å²) in [5.41, 5.74) is 16.4. The molecule has 1 saturated carbocycles. The number of hydrogen-bond donors (Lipinski definition) is 3. The van der Waals surface area contributed by atoms with Crippen LogP contribution in [0.2, 0.25) is 0 Å². The van der Waals surface area contributed by atoms with Gasteiger partial charge >= 0.3 is 0 Å². The van der Waals surface area contributed by atoms with E-state index in [9.17, 15) is 4.39 Å². The van der Waals surface area contributed by atoms with Crippen molar-refractivity contribution in [1.82, 2.24) is 10.2 Å². The van der Waals surface area contributed by atoms with Crippen LogP contribution in [0.15, 0.2) is 48.5 Å². The molecule has 0 spiro atoms. The van der Waals surface area contributed by atoms with Gasteiger partial charge in [-0.15, -0.1) is 0 Å². The van der Waals surface area contributed by atoms with Gasteiger partial charge in [0.15, 0.2) is 5.82 Å². The predicted octanol–water partition coefficient (Wildman–Crippen LogP) is 4.49. The summed E-state index contributed by atoms with van der Waals surface area (Å²) in [6.45, 7) is 2.04. The first-order valence-corrected chi connectivity index (χ1v) is 8.78. The highest BCUT2D eigenvalue weighted by atomic mass is 19.1. The van der Waals surface area contributed by atoms with Crippen LogP contribution < -0.4 is 16.4 Å². The van der Waals surface area contributed by atoms with Crippen LogP contribution in [0.25, 0.3) is 0 Å². The summed E-state index contributed by atoms with van der Waals surface area (Å²) in [4.78, 5) is 2.04. The molecule has 5 N–H and O–H groups in total. The quantitative estimate of drug-likeness (QED) is 0.591. The zero-order chi connectivity index (χ0) is 18.3. The van der Waals surface area contributed by atoms with Crippen LogP contribution in [0.1, 0.15) is 43.0 Å². The van der Waals surface area contributed by atoms with Crippen LogP contribution in [-0.4, -0.2) is 10.2 Å². The molecule has 1 aliphatic carbocycles. The summed E-state index contributed by atoms with van der Waals surface area (Å²) in [7, 11) is 0. The Bertz CT molecular complexity index is 914. The highest BCUT2D eigenvalue weighted by molar-refractivity contribution is 5.77. The number of aromatic amines is 1. The van der Waals surface area contributed by atoms with Crippen molar-refractivity contribution in [3.8, 4) is 0 Å². The van der Waals surface area contributed by atoms with E-state index in [0.717, 1.165) is 22.8 Å². The van der Waals surface area contributed by atoms with Gasteiger partial charge in [-0.25, -0.2) is 4.39 Å². The minimum atomic E-state index is -0.258. The van der Waals surface area contributed by atoms with E-state index in [1.54, 1.807) is 24.3 Å². The molecule has 0 radical (unpaired) electrons. The second-order valence-electron chi connectivity index (χ2n) is 6.87. The third-order valence-electron chi connectivity index (χ3n) is 4.90. The normalized spacial score (nSPS) is 15.0. The van der Waals surface area contributed by atoms with Gasteiger partial charge in [0.05, 0.1) is 17.4 Å². The Morgan fingerprint density at radius 1 is 1.12 bits per heavy atom. The summed E-state index contributed by atoms with van der Waals surface area (Å²) in [6.07, 6.45) is 2.38. The molecule has 26 heavy (non-hydrogen) atoms. The lowest BCUT2D eigenvalue weighted by atomic mass is 10.0. The largest absolute Gasteiger partial charge is 0.399 e. The molecule has 1 atom stereocenters. The molecule has 1 aliphatic rings. The highest BCUT2D eigenvalue weighted by Gasteiger charge is 2.28. The van der Waals surface area contributed by atoms with Gasteiger partial charge in [-0.3, -0.25) is 5.10 Å². The number of hydrogen-bond acceptors (Lipinski definition) is 4. The monoisotopic (exact) mass is 351 g/mol. The molecule has 1 fully saturated rings. The standard InChI is InChI=1S/C20H22FN5/c1-12(13-4-6-15(21)7-5-13)26(19-10-16(22)8-9-17(19)23)20-11-18(24-25-20)14-2-3-14/h4-12,14H,2-3,22-23H2,1H3,(H,24,25)/t12-/m0/s1. The number of benzene rings is 2. The minimum absolute atomic E-state index is 0.102. The molecule has 2 aromatic carbocycles. The summed E-state index contributed by atoms with van der Waals surface area (Å²) in [6, 6.07) is 13.9. The molecule has 5 nitrogen and oxygen atoms in total. The number of halogens is 1. The summed E-state index contributed by atoms with van der Waals surface area (Å²) in [5.74, 6) is 1.09. The van der Waals surface area contributed by atoms with Gasteiger partial charge in [0.2, 0.25) is 0 Å². The number of anilines is 4. The lowest BCUT2D eigenvalue weighted by Crippen LogP contribution is -2.23. The van der Waals surface area contributed by atoms with E-state index in [-0.39, 0.29) is 11.9 Å². The maximum Gasteiger partial charge on any atom is 0.155 e. The van der Waals surface area contributed by atoms with Gasteiger partial charge < -0.3 is 16.4 Å². The molecular weight excluding hydrogens is 329 g/mol. The molecule has 0 aliphatic heterocycles. The fraction of sp³-hybridized carbons (Fsp3) is 0.250. The van der Waals surface area contributed by atoms with Crippen molar-refractivity contribution >= 4 is 22.9 Å². The number of nitrogens with one attached hydrogen (secondary N) is 1. The Labute approximate surface area is 151 Å². The number of nitrogen functional groups attached to an aromatic ring is 2. The van der Waals surface area contributed by atoms with Crippen molar-refractivity contribution in [2.45, 2.75) is 31.7 Å². The first-order valence-electron chi connectivity index (χ1n) is 8.78. The van der Waals surface area contributed by atoms with Gasteiger partial charge in [0.25, 0.3) is 0 Å². The number of nitrogens with zero attached hydrogens (tertiary/aromatic N) is 2. The van der Waals surface area contributed by atoms with Crippen molar-refractivity contribution in [2.75, 3.05) is 16.4 Å². The minimum Gasteiger partial charge on any atom is -0.399 e. The second kappa shape index (κ2) is 6.37. The summed E-state index contributed by atoms with van der Waals surface area (Å²) < 4.78 is 13.3. The maximum absolute atomic E-state index is 13.3. The summed E-state index contributed by atoms with van der Waals surface area (Å²) in [5, 5.41) is 7.66. The maximum atomic E-state index is 13.3. The molecule has 4 rings (SSSR count). The van der Waals surface area contributed by atoms with Gasteiger partial charge in [-0.05, 0) is 55.7 Å². The van der Waals surface area contributed by atoms with E-state index < -0.39 is 0 Å². The molecule has 0 saturated heterocycles. The zero-order valence-corrected chi connectivity index (χ0v) is 14.6. The Kier molecular flexibility index (Phi) is 4.03. The Morgan fingerprint density at radius 3 is 2.54 bits per heavy atom. The summed E-state index contributed by atoms with van der Waals surface area (Å²) >= 11 is 0. The average Bonchev–Trinajstić information content (AvgIpc) is 3.37. The molecule has 0 bridgehead atoms. The Morgan fingerprint density at radius 2 is 1.85 bits per heavy atom. The van der Waals surface area contributed by atoms with Gasteiger partial charge in [0, 0.05) is 23.4 Å². The average molecular weight is 351 g/mol. The van der Waals surface area contributed by atoms with E-state index >= 15 is 0 Å². The molecule has 6 heteroatoms. The predicted molar refractivity (Wildman–Crippen MR) is 103 cm³/mol. The molecule has 134 valence electrons. The molecule has 1 heterocycles. The number of aromatic nitrogens is 2. The first kappa shape index (κ1) is 16.4. The molecule has 0 amide bonds. The van der Waals surface area contributed by atoms with Crippen molar-refractivity contribution < 1.29 is 4.39 Å². The fourth-order valence-corrected chi connectivity index (χ4v) is 3.24. The second-order valence-corrected chi connectivity index (χ2v) is 6.87. The van der Waals surface area contributed by atoms with E-state index in [2.05, 4.69) is 16.3 Å². The number of rotatable bonds is 5. The highest BCUT2D eigenvalue weighted by Crippen LogP contribution is 2.43. The lowest BCUT2D eigenvalue weighted by Gasteiger charge is -2.31. The molecule has 3 aromatic rings. The van der Waals surface area contributed by atoms with Crippen LogP contribution in [0.5, 0.6) is 0 Å². The van der Waals surface area contributed by atoms with Gasteiger partial charge in [-0.2, -0.15) is 5.10 Å². The lowest BCUT2D eigenvalue weighted by molar-refractivity contribution is 0.625. The smallest absolute Gasteiger partial charge is 0.155 e.